The van der Waals surface area contributed by atoms with Gasteiger partial charge in [-0.05, 0) is 30.5 Å². The molecule has 0 aromatic heterocycles. The van der Waals surface area contributed by atoms with Crippen LogP contribution < -0.4 is 0 Å². The van der Waals surface area contributed by atoms with Gasteiger partial charge in [0.15, 0.2) is 8.32 Å². The first-order chi connectivity index (χ1) is 7.75. The Labute approximate surface area is 110 Å². The van der Waals surface area contributed by atoms with Crippen LogP contribution in [0.25, 0.3) is 0 Å². The maximum absolute atomic E-state index is 6.27. The predicted octanol–water partition coefficient (Wildman–Crippen LogP) is 5.61. The second kappa shape index (κ2) is 7.58. The van der Waals surface area contributed by atoms with E-state index in [1.54, 1.807) is 0 Å². The minimum atomic E-state index is -1.56. The van der Waals surface area contributed by atoms with Gasteiger partial charge >= 0.3 is 0 Å². The second-order valence-corrected chi connectivity index (χ2v) is 11.2. The molecule has 0 saturated heterocycles. The molecule has 0 unspecified atom stereocenters. The van der Waals surface area contributed by atoms with Crippen molar-refractivity contribution in [3.8, 4) is 0 Å². The van der Waals surface area contributed by atoms with Crippen molar-refractivity contribution in [2.75, 3.05) is 6.61 Å². The maximum atomic E-state index is 6.27. The lowest BCUT2D eigenvalue weighted by atomic mass is 9.99. The Morgan fingerprint density at radius 1 is 1.00 bits per heavy atom. The summed E-state index contributed by atoms with van der Waals surface area (Å²) < 4.78 is 6.27. The summed E-state index contributed by atoms with van der Waals surface area (Å²) in [5.41, 5.74) is 0. The lowest BCUT2D eigenvalue weighted by Crippen LogP contribution is -2.45. The Bertz CT molecular complexity index is 197. The van der Waals surface area contributed by atoms with E-state index in [9.17, 15) is 0 Å². The molecule has 0 aromatic carbocycles. The van der Waals surface area contributed by atoms with Crippen LogP contribution >= 0.6 is 0 Å². The van der Waals surface area contributed by atoms with E-state index < -0.39 is 8.32 Å². The SMILES string of the molecule is CCCCCCCO[Si](C)(C)C(C)(C)C(C)C. The van der Waals surface area contributed by atoms with Gasteiger partial charge in [-0.15, -0.1) is 0 Å². The van der Waals surface area contributed by atoms with E-state index in [0.29, 0.717) is 11.0 Å². The highest BCUT2D eigenvalue weighted by atomic mass is 28.4. The van der Waals surface area contributed by atoms with E-state index in [0.717, 1.165) is 6.61 Å². The molecule has 0 N–H and O–H groups in total. The lowest BCUT2D eigenvalue weighted by molar-refractivity contribution is 0.258. The third-order valence-corrected chi connectivity index (χ3v) is 9.31. The average Bonchev–Trinajstić information content (AvgIpc) is 2.22. The molecule has 0 spiro atoms. The fourth-order valence-electron chi connectivity index (χ4n) is 1.91. The van der Waals surface area contributed by atoms with Crippen LogP contribution in [0.4, 0.5) is 0 Å². The van der Waals surface area contributed by atoms with Gasteiger partial charge in [-0.2, -0.15) is 0 Å². The van der Waals surface area contributed by atoms with Crippen molar-refractivity contribution in [3.63, 3.8) is 0 Å². The van der Waals surface area contributed by atoms with E-state index in [-0.39, 0.29) is 0 Å². The van der Waals surface area contributed by atoms with Gasteiger partial charge in [0, 0.05) is 6.61 Å². The van der Waals surface area contributed by atoms with Crippen molar-refractivity contribution >= 4 is 8.32 Å². The minimum absolute atomic E-state index is 0.358. The second-order valence-electron chi connectivity index (χ2n) is 6.65. The van der Waals surface area contributed by atoms with Crippen molar-refractivity contribution < 1.29 is 4.43 Å². The van der Waals surface area contributed by atoms with Gasteiger partial charge in [-0.3, -0.25) is 0 Å². The molecule has 0 heterocycles. The first-order valence-electron chi connectivity index (χ1n) is 7.39. The molecule has 0 aliphatic heterocycles. The Morgan fingerprint density at radius 3 is 2.00 bits per heavy atom. The van der Waals surface area contributed by atoms with Gasteiger partial charge in [-0.25, -0.2) is 0 Å². The molecule has 0 atom stereocenters. The van der Waals surface area contributed by atoms with Crippen LogP contribution in [0.3, 0.4) is 0 Å². The van der Waals surface area contributed by atoms with E-state index in [2.05, 4.69) is 47.7 Å². The van der Waals surface area contributed by atoms with Gasteiger partial charge in [0.25, 0.3) is 0 Å². The molecule has 0 rings (SSSR count). The van der Waals surface area contributed by atoms with Crippen molar-refractivity contribution in [2.24, 2.45) is 5.92 Å². The third-order valence-electron chi connectivity index (χ3n) is 4.71. The smallest absolute Gasteiger partial charge is 0.192 e. The summed E-state index contributed by atoms with van der Waals surface area (Å²) in [5.74, 6) is 0.698. The van der Waals surface area contributed by atoms with Gasteiger partial charge in [0.1, 0.15) is 0 Å². The Hall–Kier alpha value is 0.177. The number of rotatable bonds is 9. The van der Waals surface area contributed by atoms with Gasteiger partial charge < -0.3 is 4.43 Å². The highest BCUT2D eigenvalue weighted by Crippen LogP contribution is 2.44. The zero-order valence-corrected chi connectivity index (χ0v) is 14.2. The quantitative estimate of drug-likeness (QED) is 0.385. The van der Waals surface area contributed by atoms with Crippen LogP contribution in [-0.2, 0) is 4.43 Å². The molecule has 0 aliphatic rings. The van der Waals surface area contributed by atoms with E-state index in [4.69, 9.17) is 4.43 Å². The molecular weight excluding hydrogens is 224 g/mol. The molecule has 17 heavy (non-hydrogen) atoms. The largest absolute Gasteiger partial charge is 0.417 e. The van der Waals surface area contributed by atoms with Crippen LogP contribution in [0, 0.1) is 5.92 Å². The Morgan fingerprint density at radius 2 is 1.53 bits per heavy atom. The fraction of sp³-hybridized carbons (Fsp3) is 1.00. The first-order valence-corrected chi connectivity index (χ1v) is 10.3. The van der Waals surface area contributed by atoms with Crippen molar-refractivity contribution in [1.82, 2.24) is 0 Å². The molecule has 2 heteroatoms. The summed E-state index contributed by atoms with van der Waals surface area (Å²) in [5, 5.41) is 0.358. The molecule has 0 amide bonds. The topological polar surface area (TPSA) is 9.23 Å². The summed E-state index contributed by atoms with van der Waals surface area (Å²) >= 11 is 0. The molecule has 0 aliphatic carbocycles. The normalized spacial score (nSPS) is 13.4. The van der Waals surface area contributed by atoms with Gasteiger partial charge in [-0.1, -0.05) is 60.3 Å². The molecule has 0 radical (unpaired) electrons. The van der Waals surface area contributed by atoms with E-state index in [1.807, 2.05) is 0 Å². The molecule has 104 valence electrons. The highest BCUT2D eigenvalue weighted by molar-refractivity contribution is 6.74. The monoisotopic (exact) mass is 258 g/mol. The Balaban J connectivity index is 3.93. The molecule has 1 nitrogen and oxygen atoms in total. The van der Waals surface area contributed by atoms with Crippen LogP contribution in [0.15, 0.2) is 0 Å². The summed E-state index contributed by atoms with van der Waals surface area (Å²) in [7, 11) is -1.56. The fourth-order valence-corrected chi connectivity index (χ4v) is 4.33. The highest BCUT2D eigenvalue weighted by Gasteiger charge is 2.42. The molecule has 0 bridgehead atoms. The van der Waals surface area contributed by atoms with Crippen LogP contribution in [0.1, 0.15) is 66.7 Å². The Kier molecular flexibility index (Phi) is 7.66. The maximum Gasteiger partial charge on any atom is 0.192 e. The number of unbranched alkanes of at least 4 members (excludes halogenated alkanes) is 4. The molecule has 0 aromatic rings. The van der Waals surface area contributed by atoms with Gasteiger partial charge in [0.2, 0.25) is 0 Å². The zero-order chi connectivity index (χ0) is 13.5. The van der Waals surface area contributed by atoms with E-state index >= 15 is 0 Å². The van der Waals surface area contributed by atoms with E-state index in [1.165, 1.54) is 32.1 Å². The van der Waals surface area contributed by atoms with Crippen molar-refractivity contribution in [2.45, 2.75) is 84.9 Å². The molecule has 0 saturated carbocycles. The average molecular weight is 259 g/mol. The minimum Gasteiger partial charge on any atom is -0.417 e. The summed E-state index contributed by atoms with van der Waals surface area (Å²) in [6.07, 6.45) is 6.64. The number of hydrogen-bond donors (Lipinski definition) is 0. The molecule has 0 fully saturated rings. The van der Waals surface area contributed by atoms with Crippen LogP contribution in [0.2, 0.25) is 18.1 Å². The number of hydrogen-bond acceptors (Lipinski definition) is 1. The predicted molar refractivity (Wildman–Crippen MR) is 81.1 cm³/mol. The standard InChI is InChI=1S/C15H34OSi/c1-8-9-10-11-12-13-16-17(6,7)15(4,5)14(2)3/h14H,8-13H2,1-7H3. The zero-order valence-electron chi connectivity index (χ0n) is 13.2. The van der Waals surface area contributed by atoms with Crippen LogP contribution in [0.5, 0.6) is 0 Å². The lowest BCUT2D eigenvalue weighted by Gasteiger charge is -2.42. The van der Waals surface area contributed by atoms with Gasteiger partial charge in [0.05, 0.1) is 0 Å². The third kappa shape index (κ3) is 5.56. The van der Waals surface area contributed by atoms with Crippen molar-refractivity contribution in [1.29, 1.82) is 0 Å². The van der Waals surface area contributed by atoms with Crippen LogP contribution in [-0.4, -0.2) is 14.9 Å². The van der Waals surface area contributed by atoms with Crippen molar-refractivity contribution in [3.05, 3.63) is 0 Å². The summed E-state index contributed by atoms with van der Waals surface area (Å²) in [6.45, 7) is 17.4. The summed E-state index contributed by atoms with van der Waals surface area (Å²) in [4.78, 5) is 0. The first kappa shape index (κ1) is 17.2. The molecular formula is C15H34OSi. The summed E-state index contributed by atoms with van der Waals surface area (Å²) in [6, 6.07) is 0.